The lowest BCUT2D eigenvalue weighted by Crippen LogP contribution is -1.95. The van der Waals surface area contributed by atoms with Gasteiger partial charge in [-0.05, 0) is 29.8 Å². The molecule has 0 saturated heterocycles. The zero-order valence-electron chi connectivity index (χ0n) is 9.01. The Hall–Kier alpha value is -1.08. The van der Waals surface area contributed by atoms with Crippen LogP contribution in [-0.4, -0.2) is 14.9 Å². The third-order valence-corrected chi connectivity index (χ3v) is 3.91. The minimum Gasteiger partial charge on any atom is -0.258 e. The molecule has 0 aliphatic carbocycles. The lowest BCUT2D eigenvalue weighted by Gasteiger charge is -2.03. The maximum atomic E-state index is 10.9. The van der Waals surface area contributed by atoms with Crippen LogP contribution < -0.4 is 0 Å². The van der Waals surface area contributed by atoms with Gasteiger partial charge in [-0.3, -0.25) is 10.1 Å². The van der Waals surface area contributed by atoms with Crippen LogP contribution in [0.1, 0.15) is 0 Å². The Bertz CT molecular complexity index is 654. The van der Waals surface area contributed by atoms with Gasteiger partial charge in [0, 0.05) is 4.90 Å². The summed E-state index contributed by atoms with van der Waals surface area (Å²) in [5.74, 6) is 0. The van der Waals surface area contributed by atoms with Crippen molar-refractivity contribution < 1.29 is 4.92 Å². The van der Waals surface area contributed by atoms with Gasteiger partial charge in [0.15, 0.2) is 5.03 Å². The van der Waals surface area contributed by atoms with Gasteiger partial charge < -0.3 is 0 Å². The summed E-state index contributed by atoms with van der Waals surface area (Å²) in [5, 5.41) is 11.7. The third-order valence-electron chi connectivity index (χ3n) is 2.01. The van der Waals surface area contributed by atoms with Crippen LogP contribution in [0.25, 0.3) is 0 Å². The standard InChI is InChI=1S/C10H4Cl3N3O2S/c11-6-2-1-5(3-7(6)12)19-9-8(16(17)18)4-14-10(13)15-9/h1-4H. The zero-order chi connectivity index (χ0) is 14.0. The predicted molar refractivity (Wildman–Crippen MR) is 74.3 cm³/mol. The molecule has 98 valence electrons. The second-order valence-corrected chi connectivity index (χ2v) is 5.48. The van der Waals surface area contributed by atoms with Gasteiger partial charge in [-0.25, -0.2) is 9.97 Å². The molecule has 2 aromatic rings. The number of aromatic nitrogens is 2. The topological polar surface area (TPSA) is 68.9 Å². The molecule has 2 rings (SSSR count). The molecule has 0 bridgehead atoms. The van der Waals surface area contributed by atoms with E-state index in [9.17, 15) is 10.1 Å². The van der Waals surface area contributed by atoms with E-state index in [0.29, 0.717) is 14.9 Å². The monoisotopic (exact) mass is 335 g/mol. The van der Waals surface area contributed by atoms with Crippen molar-refractivity contribution in [2.45, 2.75) is 9.92 Å². The van der Waals surface area contributed by atoms with Crippen LogP contribution in [0, 0.1) is 10.1 Å². The van der Waals surface area contributed by atoms with Crippen LogP contribution in [0.5, 0.6) is 0 Å². The summed E-state index contributed by atoms with van der Waals surface area (Å²) < 4.78 is 0. The average molecular weight is 337 g/mol. The summed E-state index contributed by atoms with van der Waals surface area (Å²) >= 11 is 18.4. The van der Waals surface area contributed by atoms with Gasteiger partial charge >= 0.3 is 5.69 Å². The molecule has 0 atom stereocenters. The van der Waals surface area contributed by atoms with E-state index >= 15 is 0 Å². The summed E-state index contributed by atoms with van der Waals surface area (Å²) in [4.78, 5) is 18.4. The van der Waals surface area contributed by atoms with Crippen molar-refractivity contribution >= 4 is 52.3 Å². The Morgan fingerprint density at radius 1 is 1.21 bits per heavy atom. The molecule has 0 aliphatic rings. The van der Waals surface area contributed by atoms with E-state index in [4.69, 9.17) is 34.8 Å². The van der Waals surface area contributed by atoms with Crippen LogP contribution in [0.15, 0.2) is 34.3 Å². The summed E-state index contributed by atoms with van der Waals surface area (Å²) in [6, 6.07) is 4.87. The van der Waals surface area contributed by atoms with E-state index < -0.39 is 4.92 Å². The maximum absolute atomic E-state index is 10.9. The Balaban J connectivity index is 2.39. The lowest BCUT2D eigenvalue weighted by atomic mass is 10.4. The molecule has 0 N–H and O–H groups in total. The number of nitro groups is 1. The predicted octanol–water partition coefficient (Wildman–Crippen LogP) is 4.50. The fourth-order valence-corrected chi connectivity index (χ4v) is 2.64. The van der Waals surface area contributed by atoms with Gasteiger partial charge in [-0.1, -0.05) is 35.0 Å². The van der Waals surface area contributed by atoms with Gasteiger partial charge in [0.25, 0.3) is 0 Å². The average Bonchev–Trinajstić information content (AvgIpc) is 2.33. The molecule has 1 aromatic carbocycles. The molecule has 5 nitrogen and oxygen atoms in total. The van der Waals surface area contributed by atoms with Gasteiger partial charge in [0.05, 0.1) is 15.0 Å². The number of hydrogen-bond donors (Lipinski definition) is 0. The number of benzene rings is 1. The smallest absolute Gasteiger partial charge is 0.258 e. The highest BCUT2D eigenvalue weighted by atomic mass is 35.5. The lowest BCUT2D eigenvalue weighted by molar-refractivity contribution is -0.388. The first kappa shape index (κ1) is 14.3. The Labute approximate surface area is 127 Å². The molecule has 0 saturated carbocycles. The number of hydrogen-bond acceptors (Lipinski definition) is 5. The maximum Gasteiger partial charge on any atom is 0.319 e. The molecule has 0 unspecified atom stereocenters. The first-order valence-corrected chi connectivity index (χ1v) is 6.72. The third kappa shape index (κ3) is 3.48. The van der Waals surface area contributed by atoms with Gasteiger partial charge in [0.2, 0.25) is 5.28 Å². The molecule has 0 aliphatic heterocycles. The van der Waals surface area contributed by atoms with E-state index in [1.165, 1.54) is 0 Å². The van der Waals surface area contributed by atoms with Gasteiger partial charge in [-0.2, -0.15) is 0 Å². The fraction of sp³-hybridized carbons (Fsp3) is 0. The normalized spacial score (nSPS) is 10.5. The molecule has 0 spiro atoms. The molecule has 0 fully saturated rings. The second-order valence-electron chi connectivity index (χ2n) is 3.26. The van der Waals surface area contributed by atoms with E-state index in [0.717, 1.165) is 18.0 Å². The van der Waals surface area contributed by atoms with E-state index in [1.54, 1.807) is 18.2 Å². The highest BCUT2D eigenvalue weighted by molar-refractivity contribution is 7.99. The summed E-state index contributed by atoms with van der Waals surface area (Å²) in [7, 11) is 0. The number of rotatable bonds is 3. The van der Waals surface area contributed by atoms with Crippen molar-refractivity contribution in [3.8, 4) is 0 Å². The second kappa shape index (κ2) is 5.92. The SMILES string of the molecule is O=[N+]([O-])c1cnc(Cl)nc1Sc1ccc(Cl)c(Cl)c1. The van der Waals surface area contributed by atoms with Crippen molar-refractivity contribution in [3.05, 3.63) is 49.8 Å². The minimum absolute atomic E-state index is 0.0619. The number of nitrogens with zero attached hydrogens (tertiary/aromatic N) is 3. The van der Waals surface area contributed by atoms with Crippen molar-refractivity contribution in [2.24, 2.45) is 0 Å². The highest BCUT2D eigenvalue weighted by Gasteiger charge is 2.18. The van der Waals surface area contributed by atoms with Gasteiger partial charge in [-0.15, -0.1) is 0 Å². The first-order valence-electron chi connectivity index (χ1n) is 4.77. The largest absolute Gasteiger partial charge is 0.319 e. The summed E-state index contributed by atoms with van der Waals surface area (Å²) in [5.41, 5.74) is -0.222. The molecule has 1 heterocycles. The molecular weight excluding hydrogens is 333 g/mol. The van der Waals surface area contributed by atoms with Crippen molar-refractivity contribution in [3.63, 3.8) is 0 Å². The summed E-state index contributed by atoms with van der Waals surface area (Å²) in [6.07, 6.45) is 1.06. The zero-order valence-corrected chi connectivity index (χ0v) is 12.1. The van der Waals surface area contributed by atoms with Crippen LogP contribution in [0.3, 0.4) is 0 Å². The summed E-state index contributed by atoms with van der Waals surface area (Å²) in [6.45, 7) is 0. The molecule has 19 heavy (non-hydrogen) atoms. The Morgan fingerprint density at radius 2 is 1.95 bits per heavy atom. The van der Waals surface area contributed by atoms with E-state index in [-0.39, 0.29) is 16.0 Å². The molecule has 9 heteroatoms. The molecule has 1 aromatic heterocycles. The van der Waals surface area contributed by atoms with Crippen LogP contribution in [0.4, 0.5) is 5.69 Å². The van der Waals surface area contributed by atoms with Crippen LogP contribution in [0.2, 0.25) is 15.3 Å². The number of halogens is 3. The molecule has 0 radical (unpaired) electrons. The van der Waals surface area contributed by atoms with E-state index in [1.807, 2.05) is 0 Å². The van der Waals surface area contributed by atoms with Crippen LogP contribution in [-0.2, 0) is 0 Å². The van der Waals surface area contributed by atoms with Crippen molar-refractivity contribution in [1.29, 1.82) is 0 Å². The van der Waals surface area contributed by atoms with Gasteiger partial charge in [0.1, 0.15) is 6.20 Å². The molecular formula is C10H4Cl3N3O2S. The Morgan fingerprint density at radius 3 is 2.58 bits per heavy atom. The van der Waals surface area contributed by atoms with Crippen molar-refractivity contribution in [2.75, 3.05) is 0 Å². The minimum atomic E-state index is -0.573. The quantitative estimate of drug-likeness (QED) is 0.357. The fourth-order valence-electron chi connectivity index (χ4n) is 1.19. The first-order chi connectivity index (χ1) is 8.97. The Kier molecular flexibility index (Phi) is 4.46. The molecule has 0 amide bonds. The van der Waals surface area contributed by atoms with Crippen molar-refractivity contribution in [1.82, 2.24) is 9.97 Å². The highest BCUT2D eigenvalue weighted by Crippen LogP contribution is 2.35. The van der Waals surface area contributed by atoms with E-state index in [2.05, 4.69) is 9.97 Å². The van der Waals surface area contributed by atoms with Crippen LogP contribution >= 0.6 is 46.6 Å².